The largest absolute Gasteiger partial charge is 0.489 e. The number of carbonyl (C=O) groups is 1. The summed E-state index contributed by atoms with van der Waals surface area (Å²) in [5.74, 6) is 2.90. The molecule has 0 radical (unpaired) electrons. The number of anilines is 1. The minimum absolute atomic E-state index is 0.144. The Morgan fingerprint density at radius 2 is 1.81 bits per heavy atom. The van der Waals surface area contributed by atoms with Gasteiger partial charge in [-0.15, -0.1) is 23.5 Å². The van der Waals surface area contributed by atoms with Crippen molar-refractivity contribution in [2.45, 2.75) is 17.6 Å². The van der Waals surface area contributed by atoms with Gasteiger partial charge in [-0.1, -0.05) is 30.3 Å². The van der Waals surface area contributed by atoms with Crippen molar-refractivity contribution < 1.29 is 9.53 Å². The third-order valence-electron chi connectivity index (χ3n) is 4.83. The van der Waals surface area contributed by atoms with Crippen molar-refractivity contribution in [3.05, 3.63) is 95.1 Å². The number of nitrogens with zero attached hydrogens (tertiary/aromatic N) is 1. The maximum absolute atomic E-state index is 12.7. The third kappa shape index (κ3) is 5.84. The fourth-order valence-corrected chi connectivity index (χ4v) is 6.13. The predicted molar refractivity (Wildman–Crippen MR) is 129 cm³/mol. The molecule has 3 aromatic rings. The van der Waals surface area contributed by atoms with Gasteiger partial charge in [-0.25, -0.2) is 0 Å². The number of carbonyl (C=O) groups excluding carboxylic acids is 1. The van der Waals surface area contributed by atoms with Crippen LogP contribution in [0, 0.1) is 11.3 Å². The van der Waals surface area contributed by atoms with Gasteiger partial charge in [-0.05, 0) is 65.5 Å². The van der Waals surface area contributed by atoms with E-state index in [1.165, 1.54) is 23.5 Å². The lowest BCUT2D eigenvalue weighted by Crippen LogP contribution is -2.12. The molecule has 1 aliphatic rings. The van der Waals surface area contributed by atoms with E-state index in [0.29, 0.717) is 33.8 Å². The Morgan fingerprint density at radius 3 is 2.58 bits per heavy atom. The fourth-order valence-electron chi connectivity index (χ4n) is 3.24. The second kappa shape index (κ2) is 10.4. The van der Waals surface area contributed by atoms with Crippen LogP contribution in [0.15, 0.2) is 72.8 Å². The van der Waals surface area contributed by atoms with Crippen LogP contribution >= 0.6 is 23.5 Å². The van der Waals surface area contributed by atoms with Gasteiger partial charge in [-0.3, -0.25) is 4.79 Å². The molecule has 156 valence electrons. The average Bonchev–Trinajstić information content (AvgIpc) is 2.84. The van der Waals surface area contributed by atoms with Crippen LogP contribution in [0.4, 0.5) is 5.69 Å². The van der Waals surface area contributed by atoms with E-state index in [-0.39, 0.29) is 5.91 Å². The molecule has 31 heavy (non-hydrogen) atoms. The van der Waals surface area contributed by atoms with Gasteiger partial charge in [0.25, 0.3) is 5.91 Å². The van der Waals surface area contributed by atoms with E-state index in [1.54, 1.807) is 18.2 Å². The van der Waals surface area contributed by atoms with Gasteiger partial charge in [0.1, 0.15) is 12.4 Å². The number of nitrogens with one attached hydrogen (secondary N) is 1. The summed E-state index contributed by atoms with van der Waals surface area (Å²) < 4.78 is 6.30. The van der Waals surface area contributed by atoms with E-state index in [1.807, 2.05) is 66.0 Å². The van der Waals surface area contributed by atoms with Crippen molar-refractivity contribution in [1.82, 2.24) is 0 Å². The minimum Gasteiger partial charge on any atom is -0.489 e. The molecule has 1 fully saturated rings. The maximum Gasteiger partial charge on any atom is 0.255 e. The molecule has 0 aliphatic carbocycles. The highest BCUT2D eigenvalue weighted by molar-refractivity contribution is 8.16. The van der Waals surface area contributed by atoms with Crippen LogP contribution in [0.1, 0.15) is 38.1 Å². The highest BCUT2D eigenvalue weighted by atomic mass is 32.2. The standard InChI is InChI=1S/C25H22N2O2S2/c26-16-18-4-1-5-19(14-18)17-29-23-7-2-6-22(15-23)27-24(28)20-8-10-21(11-9-20)25-30-12-3-13-31-25/h1-2,4-11,14-15,25H,3,12-13,17H2,(H,27,28). The quantitative estimate of drug-likeness (QED) is 0.484. The van der Waals surface area contributed by atoms with Gasteiger partial charge >= 0.3 is 0 Å². The maximum atomic E-state index is 12.7. The summed E-state index contributed by atoms with van der Waals surface area (Å²) in [5.41, 5.74) is 4.10. The first-order valence-corrected chi connectivity index (χ1v) is 12.2. The third-order valence-corrected chi connectivity index (χ3v) is 7.84. The number of hydrogen-bond donors (Lipinski definition) is 1. The van der Waals surface area contributed by atoms with Crippen LogP contribution in [-0.2, 0) is 6.61 Å². The molecule has 0 unspecified atom stereocenters. The molecule has 4 nitrogen and oxygen atoms in total. The number of amides is 1. The summed E-state index contributed by atoms with van der Waals surface area (Å²) in [6, 6.07) is 24.7. The lowest BCUT2D eigenvalue weighted by Gasteiger charge is -2.21. The molecule has 1 amide bonds. The van der Waals surface area contributed by atoms with Crippen molar-refractivity contribution in [1.29, 1.82) is 5.26 Å². The fraction of sp³-hybridized carbons (Fsp3) is 0.200. The molecule has 0 spiro atoms. The highest BCUT2D eigenvalue weighted by Gasteiger charge is 2.17. The average molecular weight is 447 g/mol. The molecule has 1 aliphatic heterocycles. The second-order valence-corrected chi connectivity index (χ2v) is 9.86. The minimum atomic E-state index is -0.144. The molecule has 0 saturated carbocycles. The molecule has 1 N–H and O–H groups in total. The normalized spacial score (nSPS) is 13.9. The first-order valence-electron chi connectivity index (χ1n) is 10.1. The van der Waals surface area contributed by atoms with Crippen molar-refractivity contribution in [3.63, 3.8) is 0 Å². The zero-order chi connectivity index (χ0) is 21.5. The number of ether oxygens (including phenoxy) is 1. The summed E-state index contributed by atoms with van der Waals surface area (Å²) in [4.78, 5) is 12.7. The Hall–Kier alpha value is -2.88. The van der Waals surface area contributed by atoms with Gasteiger partial charge in [0, 0.05) is 17.3 Å². The Morgan fingerprint density at radius 1 is 1.03 bits per heavy atom. The lowest BCUT2D eigenvalue weighted by atomic mass is 10.1. The van der Waals surface area contributed by atoms with Gasteiger partial charge in [0.2, 0.25) is 0 Å². The van der Waals surface area contributed by atoms with Gasteiger partial charge < -0.3 is 10.1 Å². The Kier molecular flexibility index (Phi) is 7.18. The van der Waals surface area contributed by atoms with Crippen LogP contribution in [0.25, 0.3) is 0 Å². The van der Waals surface area contributed by atoms with E-state index in [0.717, 1.165) is 5.56 Å². The van der Waals surface area contributed by atoms with Crippen LogP contribution in [-0.4, -0.2) is 17.4 Å². The number of benzene rings is 3. The molecule has 0 bridgehead atoms. The summed E-state index contributed by atoms with van der Waals surface area (Å²) in [6.45, 7) is 0.353. The lowest BCUT2D eigenvalue weighted by molar-refractivity contribution is 0.102. The van der Waals surface area contributed by atoms with Crippen molar-refractivity contribution >= 4 is 35.1 Å². The number of thioether (sulfide) groups is 2. The Bertz CT molecular complexity index is 1090. The molecule has 1 saturated heterocycles. The molecular weight excluding hydrogens is 424 g/mol. The first kappa shape index (κ1) is 21.4. The molecule has 6 heteroatoms. The summed E-state index contributed by atoms with van der Waals surface area (Å²) >= 11 is 3.94. The van der Waals surface area contributed by atoms with Gasteiger partial charge in [0.15, 0.2) is 0 Å². The summed E-state index contributed by atoms with van der Waals surface area (Å²) in [7, 11) is 0. The van der Waals surface area contributed by atoms with E-state index in [2.05, 4.69) is 23.5 Å². The number of rotatable bonds is 6. The molecular formula is C25H22N2O2S2. The van der Waals surface area contributed by atoms with Crippen molar-refractivity contribution in [3.8, 4) is 11.8 Å². The molecule has 4 rings (SSSR count). The van der Waals surface area contributed by atoms with E-state index in [9.17, 15) is 4.79 Å². The van der Waals surface area contributed by atoms with E-state index < -0.39 is 0 Å². The van der Waals surface area contributed by atoms with Crippen LogP contribution in [0.2, 0.25) is 0 Å². The monoisotopic (exact) mass is 446 g/mol. The van der Waals surface area contributed by atoms with Gasteiger partial charge in [-0.2, -0.15) is 5.26 Å². The topological polar surface area (TPSA) is 62.1 Å². The molecule has 0 atom stereocenters. The van der Waals surface area contributed by atoms with Crippen LogP contribution in [0.3, 0.4) is 0 Å². The second-order valence-electron chi connectivity index (χ2n) is 7.13. The summed E-state index contributed by atoms with van der Waals surface area (Å²) in [5, 5.41) is 12.0. The Labute approximate surface area is 191 Å². The van der Waals surface area contributed by atoms with Crippen LogP contribution < -0.4 is 10.1 Å². The first-order chi connectivity index (χ1) is 15.2. The number of hydrogen-bond acceptors (Lipinski definition) is 5. The van der Waals surface area contributed by atoms with Crippen LogP contribution in [0.5, 0.6) is 5.75 Å². The molecule has 0 aromatic heterocycles. The highest BCUT2D eigenvalue weighted by Crippen LogP contribution is 2.43. The number of nitriles is 1. The zero-order valence-corrected chi connectivity index (χ0v) is 18.5. The SMILES string of the molecule is N#Cc1cccc(COc2cccc(NC(=O)c3ccc(C4SCCCS4)cc3)c2)c1. The predicted octanol–water partition coefficient (Wildman–Crippen LogP) is 6.26. The smallest absolute Gasteiger partial charge is 0.255 e. The van der Waals surface area contributed by atoms with E-state index >= 15 is 0 Å². The van der Waals surface area contributed by atoms with Crippen molar-refractivity contribution in [2.75, 3.05) is 16.8 Å². The van der Waals surface area contributed by atoms with E-state index in [4.69, 9.17) is 10.00 Å². The van der Waals surface area contributed by atoms with Gasteiger partial charge in [0.05, 0.1) is 16.2 Å². The van der Waals surface area contributed by atoms with Crippen molar-refractivity contribution in [2.24, 2.45) is 0 Å². The Balaban J connectivity index is 1.36. The summed E-state index contributed by atoms with van der Waals surface area (Å²) in [6.07, 6.45) is 1.27. The molecule has 3 aromatic carbocycles. The molecule has 1 heterocycles. The zero-order valence-electron chi connectivity index (χ0n) is 16.9.